The van der Waals surface area contributed by atoms with Crippen LogP contribution in [-0.4, -0.2) is 36.5 Å². The maximum atomic E-state index is 12.2. The molecule has 5 heteroatoms. The van der Waals surface area contributed by atoms with Crippen LogP contribution in [-0.2, 0) is 4.79 Å². The molecular weight excluding hydrogens is 286 g/mol. The van der Waals surface area contributed by atoms with Crippen LogP contribution in [0.3, 0.4) is 0 Å². The minimum atomic E-state index is 0. The lowest BCUT2D eigenvalue weighted by Gasteiger charge is -2.20. The Morgan fingerprint density at radius 2 is 2.14 bits per heavy atom. The van der Waals surface area contributed by atoms with E-state index in [1.807, 2.05) is 26.0 Å². The molecule has 1 aromatic carbocycles. The van der Waals surface area contributed by atoms with Crippen LogP contribution < -0.4 is 11.1 Å². The van der Waals surface area contributed by atoms with Crippen molar-refractivity contribution in [3.05, 3.63) is 29.3 Å². The number of anilines is 1. The summed E-state index contributed by atoms with van der Waals surface area (Å²) in [7, 11) is 0. The van der Waals surface area contributed by atoms with Crippen LogP contribution in [0.25, 0.3) is 0 Å². The second-order valence-corrected chi connectivity index (χ2v) is 5.98. The highest BCUT2D eigenvalue weighted by Gasteiger charge is 2.29. The molecule has 0 bridgehead atoms. The number of benzene rings is 1. The molecule has 1 heterocycles. The van der Waals surface area contributed by atoms with E-state index in [4.69, 9.17) is 5.73 Å². The Labute approximate surface area is 133 Å². The predicted molar refractivity (Wildman–Crippen MR) is 90.0 cm³/mol. The molecule has 0 radical (unpaired) electrons. The lowest BCUT2D eigenvalue weighted by atomic mass is 10.1. The molecule has 1 aliphatic heterocycles. The fourth-order valence-electron chi connectivity index (χ4n) is 2.85. The smallest absolute Gasteiger partial charge is 0.238 e. The number of carbonyl (C=O) groups is 1. The van der Waals surface area contributed by atoms with Crippen molar-refractivity contribution in [3.63, 3.8) is 0 Å². The average Bonchev–Trinajstić information content (AvgIpc) is 2.74. The van der Waals surface area contributed by atoms with E-state index in [2.05, 4.69) is 23.2 Å². The first-order chi connectivity index (χ1) is 9.49. The third-order valence-corrected chi connectivity index (χ3v) is 4.14. The standard InChI is InChI=1S/C16H25N3O.ClH/c1-11-4-5-12(2)15(6-11)18-16(20)10-19-9-14(8-17)7-13(19)3;/h4-6,13-14H,7-10,17H2,1-3H3,(H,18,20);1H. The van der Waals surface area contributed by atoms with Gasteiger partial charge in [-0.25, -0.2) is 0 Å². The molecule has 4 nitrogen and oxygen atoms in total. The molecule has 2 unspecified atom stereocenters. The molecule has 0 aliphatic carbocycles. The molecule has 2 rings (SSSR count). The van der Waals surface area contributed by atoms with Crippen molar-refractivity contribution in [1.82, 2.24) is 4.90 Å². The summed E-state index contributed by atoms with van der Waals surface area (Å²) in [5, 5.41) is 3.02. The maximum absolute atomic E-state index is 12.2. The first-order valence-corrected chi connectivity index (χ1v) is 7.30. The van der Waals surface area contributed by atoms with Crippen molar-refractivity contribution in [2.75, 3.05) is 25.0 Å². The molecule has 118 valence electrons. The number of carbonyl (C=O) groups excluding carboxylic acids is 1. The van der Waals surface area contributed by atoms with E-state index in [9.17, 15) is 4.79 Å². The number of nitrogens with two attached hydrogens (primary N) is 1. The fourth-order valence-corrected chi connectivity index (χ4v) is 2.85. The number of halogens is 1. The molecule has 3 N–H and O–H groups in total. The Bertz CT molecular complexity index is 492. The highest BCUT2D eigenvalue weighted by Crippen LogP contribution is 2.22. The zero-order chi connectivity index (χ0) is 14.7. The van der Waals surface area contributed by atoms with Gasteiger partial charge in [-0.1, -0.05) is 12.1 Å². The number of amides is 1. The van der Waals surface area contributed by atoms with Crippen molar-refractivity contribution in [2.45, 2.75) is 33.2 Å². The molecule has 1 saturated heterocycles. The first kappa shape index (κ1) is 18.0. The number of hydrogen-bond donors (Lipinski definition) is 2. The number of nitrogens with zero attached hydrogens (tertiary/aromatic N) is 1. The topological polar surface area (TPSA) is 58.4 Å². The normalized spacial score (nSPS) is 21.9. The number of likely N-dealkylation sites (tertiary alicyclic amines) is 1. The van der Waals surface area contributed by atoms with Gasteiger partial charge in [-0.3, -0.25) is 9.69 Å². The van der Waals surface area contributed by atoms with Crippen molar-refractivity contribution >= 4 is 24.0 Å². The van der Waals surface area contributed by atoms with Gasteiger partial charge in [0.05, 0.1) is 6.54 Å². The van der Waals surface area contributed by atoms with Crippen LogP contribution in [0.15, 0.2) is 18.2 Å². The number of hydrogen-bond acceptors (Lipinski definition) is 3. The first-order valence-electron chi connectivity index (χ1n) is 7.30. The average molecular weight is 312 g/mol. The molecule has 0 spiro atoms. The minimum absolute atomic E-state index is 0. The molecule has 1 fully saturated rings. The van der Waals surface area contributed by atoms with Gasteiger partial charge < -0.3 is 11.1 Å². The quantitative estimate of drug-likeness (QED) is 0.897. The summed E-state index contributed by atoms with van der Waals surface area (Å²) in [6, 6.07) is 6.55. The van der Waals surface area contributed by atoms with E-state index in [1.54, 1.807) is 0 Å². The van der Waals surface area contributed by atoms with Gasteiger partial charge in [0, 0.05) is 18.3 Å². The summed E-state index contributed by atoms with van der Waals surface area (Å²) >= 11 is 0. The zero-order valence-electron chi connectivity index (χ0n) is 13.1. The summed E-state index contributed by atoms with van der Waals surface area (Å²) in [6.07, 6.45) is 1.09. The summed E-state index contributed by atoms with van der Waals surface area (Å²) in [6.45, 7) is 8.30. The third-order valence-electron chi connectivity index (χ3n) is 4.14. The SMILES string of the molecule is Cc1ccc(C)c(NC(=O)CN2CC(CN)CC2C)c1.Cl. The Morgan fingerprint density at radius 1 is 1.43 bits per heavy atom. The van der Waals surface area contributed by atoms with Gasteiger partial charge in [0.1, 0.15) is 0 Å². The van der Waals surface area contributed by atoms with Gasteiger partial charge in [0.15, 0.2) is 0 Å². The third kappa shape index (κ3) is 4.70. The Balaban J connectivity index is 0.00000220. The van der Waals surface area contributed by atoms with E-state index >= 15 is 0 Å². The predicted octanol–water partition coefficient (Wildman–Crippen LogP) is 2.33. The van der Waals surface area contributed by atoms with Crippen LogP contribution in [0, 0.1) is 19.8 Å². The maximum Gasteiger partial charge on any atom is 0.238 e. The Morgan fingerprint density at radius 3 is 2.76 bits per heavy atom. The van der Waals surface area contributed by atoms with Gasteiger partial charge in [-0.2, -0.15) is 0 Å². The van der Waals surface area contributed by atoms with Crippen LogP contribution in [0.1, 0.15) is 24.5 Å². The van der Waals surface area contributed by atoms with E-state index in [1.165, 1.54) is 0 Å². The van der Waals surface area contributed by atoms with Crippen LogP contribution >= 0.6 is 12.4 Å². The van der Waals surface area contributed by atoms with Crippen molar-refractivity contribution < 1.29 is 4.79 Å². The Kier molecular flexibility index (Phi) is 6.65. The zero-order valence-corrected chi connectivity index (χ0v) is 13.9. The Hall–Kier alpha value is -1.10. The summed E-state index contributed by atoms with van der Waals surface area (Å²) < 4.78 is 0. The minimum Gasteiger partial charge on any atom is -0.330 e. The molecule has 1 aliphatic rings. The second-order valence-electron chi connectivity index (χ2n) is 5.98. The van der Waals surface area contributed by atoms with Crippen molar-refractivity contribution in [1.29, 1.82) is 0 Å². The molecule has 1 amide bonds. The molecular formula is C16H26ClN3O. The highest BCUT2D eigenvalue weighted by atomic mass is 35.5. The van der Waals surface area contributed by atoms with Crippen molar-refractivity contribution in [3.8, 4) is 0 Å². The summed E-state index contributed by atoms with van der Waals surface area (Å²) in [5.74, 6) is 0.585. The summed E-state index contributed by atoms with van der Waals surface area (Å²) in [4.78, 5) is 14.4. The molecule has 0 aromatic heterocycles. The number of rotatable bonds is 4. The van der Waals surface area contributed by atoms with E-state index < -0.39 is 0 Å². The molecule has 1 aromatic rings. The van der Waals surface area contributed by atoms with Gasteiger partial charge in [-0.05, 0) is 56.8 Å². The number of nitrogens with one attached hydrogen (secondary N) is 1. The summed E-state index contributed by atoms with van der Waals surface area (Å²) in [5.41, 5.74) is 8.89. The van der Waals surface area contributed by atoms with Gasteiger partial charge in [-0.15, -0.1) is 12.4 Å². The number of aryl methyl sites for hydroxylation is 2. The largest absolute Gasteiger partial charge is 0.330 e. The van der Waals surface area contributed by atoms with E-state index in [-0.39, 0.29) is 18.3 Å². The van der Waals surface area contributed by atoms with E-state index in [0.717, 1.165) is 29.8 Å². The second kappa shape index (κ2) is 7.78. The lowest BCUT2D eigenvalue weighted by molar-refractivity contribution is -0.117. The molecule has 0 saturated carbocycles. The van der Waals surface area contributed by atoms with Crippen molar-refractivity contribution in [2.24, 2.45) is 11.7 Å². The van der Waals surface area contributed by atoms with Gasteiger partial charge in [0.25, 0.3) is 0 Å². The fraction of sp³-hybridized carbons (Fsp3) is 0.562. The van der Waals surface area contributed by atoms with Gasteiger partial charge in [0.2, 0.25) is 5.91 Å². The van der Waals surface area contributed by atoms with E-state index in [0.29, 0.717) is 25.0 Å². The molecule has 2 atom stereocenters. The van der Waals surface area contributed by atoms with Gasteiger partial charge >= 0.3 is 0 Å². The monoisotopic (exact) mass is 311 g/mol. The van der Waals surface area contributed by atoms with Crippen LogP contribution in [0.5, 0.6) is 0 Å². The molecule has 21 heavy (non-hydrogen) atoms. The van der Waals surface area contributed by atoms with Crippen LogP contribution in [0.4, 0.5) is 5.69 Å². The van der Waals surface area contributed by atoms with Crippen LogP contribution in [0.2, 0.25) is 0 Å². The highest BCUT2D eigenvalue weighted by molar-refractivity contribution is 5.93. The lowest BCUT2D eigenvalue weighted by Crippen LogP contribution is -2.36.